The summed E-state index contributed by atoms with van der Waals surface area (Å²) in [7, 11) is 0. The number of oxazole rings is 6. The van der Waals surface area contributed by atoms with E-state index in [1.54, 1.807) is 6.08 Å². The lowest BCUT2D eigenvalue weighted by molar-refractivity contribution is 0.0922. The van der Waals surface area contributed by atoms with Crippen LogP contribution < -0.4 is 11.1 Å². The third-order valence-electron chi connectivity index (χ3n) is 6.36. The third-order valence-corrected chi connectivity index (χ3v) is 6.36. The highest BCUT2D eigenvalue weighted by atomic mass is 16.4. The van der Waals surface area contributed by atoms with Gasteiger partial charge in [0.05, 0.1) is 5.69 Å². The van der Waals surface area contributed by atoms with Crippen molar-refractivity contribution in [1.29, 1.82) is 0 Å². The SMILES string of the molecule is NCCCCC1NC(=O)c2coc(n2)-c2coc(n2)-c2coc(n2)C=CCc2coc(n2)-c2coc(n2)-c2coc1n2. The van der Waals surface area contributed by atoms with Gasteiger partial charge in [0.25, 0.3) is 5.91 Å². The van der Waals surface area contributed by atoms with Crippen molar-refractivity contribution in [3.8, 4) is 46.3 Å². The first-order valence-electron chi connectivity index (χ1n) is 13.0. The van der Waals surface area contributed by atoms with E-state index in [-0.39, 0.29) is 40.8 Å². The van der Waals surface area contributed by atoms with E-state index < -0.39 is 11.9 Å². The van der Waals surface area contributed by atoms with Crippen LogP contribution in [0.4, 0.5) is 0 Å². The van der Waals surface area contributed by atoms with Gasteiger partial charge in [-0.3, -0.25) is 4.79 Å². The number of nitrogens with zero attached hydrogens (tertiary/aromatic N) is 6. The average molecular weight is 571 g/mol. The summed E-state index contributed by atoms with van der Waals surface area (Å²) in [5.74, 6) is 0.890. The second-order valence-corrected chi connectivity index (χ2v) is 9.32. The second-order valence-electron chi connectivity index (χ2n) is 9.32. The zero-order valence-electron chi connectivity index (χ0n) is 21.9. The number of amides is 1. The Bertz CT molecular complexity index is 1870. The Kier molecular flexibility index (Phi) is 6.52. The molecular formula is C27H22N8O7. The van der Waals surface area contributed by atoms with Crippen LogP contribution in [-0.2, 0) is 6.42 Å². The summed E-state index contributed by atoms with van der Waals surface area (Å²) < 4.78 is 33.5. The lowest BCUT2D eigenvalue weighted by Gasteiger charge is -2.14. The molecule has 1 atom stereocenters. The summed E-state index contributed by atoms with van der Waals surface area (Å²) in [5.41, 5.74) is 7.76. The number of carbonyl (C=O) groups excluding carboxylic acids is 1. The zero-order valence-corrected chi connectivity index (χ0v) is 21.9. The Morgan fingerprint density at radius 2 is 1.29 bits per heavy atom. The first-order chi connectivity index (χ1) is 20.6. The van der Waals surface area contributed by atoms with Gasteiger partial charge in [-0.15, -0.1) is 0 Å². The predicted molar refractivity (Wildman–Crippen MR) is 141 cm³/mol. The van der Waals surface area contributed by atoms with Crippen molar-refractivity contribution in [2.75, 3.05) is 6.54 Å². The zero-order chi connectivity index (χ0) is 28.5. The average Bonchev–Trinajstić information content (AvgIpc) is 3.82. The number of nitrogens with one attached hydrogen (secondary N) is 1. The molecule has 1 amide bonds. The Hall–Kier alpha value is -5.57. The first-order valence-corrected chi connectivity index (χ1v) is 13.0. The summed E-state index contributed by atoms with van der Waals surface area (Å²) in [6.45, 7) is 0.511. The third kappa shape index (κ3) is 5.03. The molecule has 3 N–H and O–H groups in total. The molecule has 7 rings (SSSR count). The molecule has 42 heavy (non-hydrogen) atoms. The summed E-state index contributed by atoms with van der Waals surface area (Å²) in [5, 5.41) is 2.91. The van der Waals surface area contributed by atoms with E-state index in [0.717, 1.165) is 12.8 Å². The minimum absolute atomic E-state index is 0.0381. The van der Waals surface area contributed by atoms with E-state index in [1.165, 1.54) is 37.6 Å². The molecule has 212 valence electrons. The topological polar surface area (TPSA) is 211 Å². The number of nitrogens with two attached hydrogens (primary N) is 1. The van der Waals surface area contributed by atoms with E-state index in [9.17, 15) is 4.79 Å². The lowest BCUT2D eigenvalue weighted by atomic mass is 10.1. The highest BCUT2D eigenvalue weighted by Crippen LogP contribution is 2.28. The fraction of sp³-hybridized carbons (Fsp3) is 0.222. The normalized spacial score (nSPS) is 15.0. The molecule has 0 radical (unpaired) electrons. The van der Waals surface area contributed by atoms with E-state index in [1.807, 2.05) is 6.08 Å². The van der Waals surface area contributed by atoms with Crippen LogP contribution in [0.3, 0.4) is 0 Å². The highest BCUT2D eigenvalue weighted by molar-refractivity contribution is 5.92. The molecule has 7 heterocycles. The molecule has 0 aliphatic carbocycles. The van der Waals surface area contributed by atoms with Crippen LogP contribution in [0.25, 0.3) is 52.4 Å². The van der Waals surface area contributed by atoms with Crippen molar-refractivity contribution in [3.63, 3.8) is 0 Å². The summed E-state index contributed by atoms with van der Waals surface area (Å²) in [6, 6.07) is -0.583. The standard InChI is InChI=1S/C27H22N8O7/c28-7-2-1-5-15-23-33-20(12-40-23)27-34-18(11-42-27)24-29-14(8-38-24)4-3-6-21-30-17(10-37-21)25-35-19(13-41-25)26-32-16(9-39-26)22(36)31-15/h3,6,8-13,15H,1-2,4-5,7,28H2,(H,31,36). The molecule has 6 aromatic heterocycles. The Balaban J connectivity index is 1.24. The van der Waals surface area contributed by atoms with E-state index in [0.29, 0.717) is 48.1 Å². The van der Waals surface area contributed by atoms with Gasteiger partial charge in [-0.1, -0.05) is 6.08 Å². The van der Waals surface area contributed by atoms with Gasteiger partial charge in [-0.05, 0) is 31.9 Å². The van der Waals surface area contributed by atoms with Crippen LogP contribution in [0, 0.1) is 0 Å². The smallest absolute Gasteiger partial charge is 0.273 e. The summed E-state index contributed by atoms with van der Waals surface area (Å²) >= 11 is 0. The van der Waals surface area contributed by atoms with Crippen LogP contribution in [0.1, 0.15) is 53.3 Å². The molecule has 6 aromatic rings. The van der Waals surface area contributed by atoms with Gasteiger partial charge >= 0.3 is 0 Å². The molecular weight excluding hydrogens is 548 g/mol. The largest absolute Gasteiger partial charge is 0.446 e. The molecule has 12 bridgehead atoms. The van der Waals surface area contributed by atoms with Gasteiger partial charge in [0.2, 0.25) is 35.3 Å². The predicted octanol–water partition coefficient (Wildman–Crippen LogP) is 4.45. The number of hydrogen-bond donors (Lipinski definition) is 2. The highest BCUT2D eigenvalue weighted by Gasteiger charge is 2.25. The van der Waals surface area contributed by atoms with Crippen molar-refractivity contribution in [2.24, 2.45) is 5.73 Å². The van der Waals surface area contributed by atoms with Gasteiger partial charge in [-0.25, -0.2) is 29.9 Å². The molecule has 1 aliphatic rings. The Labute approximate surface area is 235 Å². The molecule has 1 unspecified atom stereocenters. The maximum absolute atomic E-state index is 13.2. The summed E-state index contributed by atoms with van der Waals surface area (Å²) in [6.07, 6.45) is 14.3. The molecule has 0 aromatic carbocycles. The molecule has 1 aliphatic heterocycles. The minimum atomic E-state index is -0.583. The van der Waals surface area contributed by atoms with Crippen LogP contribution in [0.15, 0.2) is 70.2 Å². The lowest BCUT2D eigenvalue weighted by Crippen LogP contribution is -2.29. The maximum atomic E-state index is 13.2. The van der Waals surface area contributed by atoms with Crippen LogP contribution in [-0.4, -0.2) is 42.4 Å². The Morgan fingerprint density at radius 3 is 2.05 bits per heavy atom. The van der Waals surface area contributed by atoms with Gasteiger partial charge in [-0.2, -0.15) is 0 Å². The molecule has 0 fully saturated rings. The van der Waals surface area contributed by atoms with Crippen LogP contribution in [0.5, 0.6) is 0 Å². The van der Waals surface area contributed by atoms with Gasteiger partial charge in [0.1, 0.15) is 43.6 Å². The minimum Gasteiger partial charge on any atom is -0.446 e. The van der Waals surface area contributed by atoms with Gasteiger partial charge in [0, 0.05) is 6.42 Å². The number of rotatable bonds is 4. The van der Waals surface area contributed by atoms with Gasteiger partial charge in [0.15, 0.2) is 28.5 Å². The second kappa shape index (κ2) is 10.8. The number of carbonyl (C=O) groups is 1. The van der Waals surface area contributed by atoms with Crippen molar-refractivity contribution in [1.82, 2.24) is 35.2 Å². The van der Waals surface area contributed by atoms with E-state index >= 15 is 0 Å². The molecule has 0 saturated carbocycles. The van der Waals surface area contributed by atoms with Crippen molar-refractivity contribution in [3.05, 3.63) is 66.8 Å². The number of hydrogen-bond acceptors (Lipinski definition) is 14. The van der Waals surface area contributed by atoms with E-state index in [2.05, 4.69) is 35.2 Å². The van der Waals surface area contributed by atoms with Gasteiger partial charge < -0.3 is 37.6 Å². The fourth-order valence-electron chi connectivity index (χ4n) is 4.26. The summed E-state index contributed by atoms with van der Waals surface area (Å²) in [4.78, 5) is 39.7. The number of allylic oxidation sites excluding steroid dienone is 1. The molecule has 0 spiro atoms. The number of fused-ring (bicyclic) bond motifs is 16. The first kappa shape index (κ1) is 25.4. The molecule has 15 nitrogen and oxygen atoms in total. The van der Waals surface area contributed by atoms with Crippen LogP contribution >= 0.6 is 0 Å². The number of aromatic nitrogens is 6. The van der Waals surface area contributed by atoms with Crippen molar-refractivity contribution >= 4 is 12.0 Å². The van der Waals surface area contributed by atoms with Crippen molar-refractivity contribution < 1.29 is 31.3 Å². The van der Waals surface area contributed by atoms with E-state index in [4.69, 9.17) is 32.2 Å². The Morgan fingerprint density at radius 1 is 0.690 bits per heavy atom. The maximum Gasteiger partial charge on any atom is 0.273 e. The van der Waals surface area contributed by atoms with Crippen molar-refractivity contribution in [2.45, 2.75) is 31.7 Å². The monoisotopic (exact) mass is 570 g/mol. The fourth-order valence-corrected chi connectivity index (χ4v) is 4.26. The quantitative estimate of drug-likeness (QED) is 0.280. The molecule has 0 saturated heterocycles. The number of unbranched alkanes of at least 4 members (excludes halogenated alkanes) is 1. The van der Waals surface area contributed by atoms with Crippen LogP contribution in [0.2, 0.25) is 0 Å². The molecule has 15 heteroatoms.